The molecule has 0 N–H and O–H groups in total. The highest BCUT2D eigenvalue weighted by atomic mass is 16.3. The Balaban J connectivity index is 1.15. The Morgan fingerprint density at radius 3 is 1.43 bits per heavy atom. The van der Waals surface area contributed by atoms with Crippen molar-refractivity contribution in [3.05, 3.63) is 109 Å². The molecule has 10 rings (SSSR count). The highest BCUT2D eigenvalue weighted by Gasteiger charge is 2.22. The molecule has 0 radical (unpaired) electrons. The zero-order valence-corrected chi connectivity index (χ0v) is 36.1. The monoisotopic (exact) mass is 760 g/mol. The summed E-state index contributed by atoms with van der Waals surface area (Å²) in [6.07, 6.45) is 0. The molecule has 15 heteroatoms. The van der Waals surface area contributed by atoms with E-state index in [1.54, 1.807) is 0 Å². The van der Waals surface area contributed by atoms with E-state index < -0.39 is 0 Å². The third kappa shape index (κ3) is 5.80. The van der Waals surface area contributed by atoms with E-state index in [1.807, 2.05) is 0 Å². The molecule has 274 valence electrons. The number of nitrogens with zero attached hydrogens (tertiary/aromatic N) is 4. The van der Waals surface area contributed by atoms with Crippen molar-refractivity contribution in [2.75, 3.05) is 0 Å². The van der Waals surface area contributed by atoms with Crippen molar-refractivity contribution in [3.8, 4) is 51.0 Å². The Morgan fingerprint density at radius 2 is 0.817 bits per heavy atom. The summed E-state index contributed by atoms with van der Waals surface area (Å²) in [4.78, 5) is 15.9. The van der Waals surface area contributed by atoms with Crippen molar-refractivity contribution in [1.29, 1.82) is 0 Å². The molecule has 0 aliphatic heterocycles. The Hall–Kier alpha value is -6.20. The maximum atomic E-state index is 6.78. The van der Waals surface area contributed by atoms with Crippen molar-refractivity contribution >= 4 is 177 Å². The van der Waals surface area contributed by atoms with Crippen LogP contribution in [0.1, 0.15) is 0 Å². The quantitative estimate of drug-likeness (QED) is 0.165. The third-order valence-corrected chi connectivity index (χ3v) is 13.8. The molecule has 0 aliphatic carbocycles. The molecule has 3 heterocycles. The largest absolute Gasteiger partial charge is 0.456 e. The first-order valence-corrected chi connectivity index (χ1v) is 20.9. The van der Waals surface area contributed by atoms with Crippen LogP contribution in [0.15, 0.2) is 114 Å². The predicted molar refractivity (Wildman–Crippen MR) is 285 cm³/mol. The van der Waals surface area contributed by atoms with Gasteiger partial charge in [0, 0.05) is 50.0 Å². The van der Waals surface area contributed by atoms with Crippen molar-refractivity contribution < 1.29 is 4.42 Å². The first kappa shape index (κ1) is 38.0. The summed E-state index contributed by atoms with van der Waals surface area (Å²) < 4.78 is 9.14. The van der Waals surface area contributed by atoms with Crippen LogP contribution in [0.2, 0.25) is 0 Å². The Labute approximate surface area is 359 Å². The van der Waals surface area contributed by atoms with Crippen LogP contribution < -0.4 is 54.6 Å². The minimum absolute atomic E-state index is 0.627. The van der Waals surface area contributed by atoms with Crippen LogP contribution in [0.5, 0.6) is 0 Å². The number of benzene rings is 7. The van der Waals surface area contributed by atoms with Crippen LogP contribution >= 0.6 is 0 Å². The van der Waals surface area contributed by atoms with Crippen LogP contribution in [0.3, 0.4) is 0 Å². The lowest BCUT2D eigenvalue weighted by Gasteiger charge is -2.22. The van der Waals surface area contributed by atoms with Crippen molar-refractivity contribution in [2.45, 2.75) is 0 Å². The van der Waals surface area contributed by atoms with Gasteiger partial charge in [-0.05, 0) is 47.5 Å². The topological polar surface area (TPSA) is 56.7 Å². The van der Waals surface area contributed by atoms with Crippen molar-refractivity contribution in [3.63, 3.8) is 0 Å². The van der Waals surface area contributed by atoms with Gasteiger partial charge < -0.3 is 8.98 Å². The standard InChI is InChI=1S/C45H38B10N4O/c46-33-31(34(47)38(51)41(54)37(33)50)44-56-43(57-45(58-44)32-35(48)39(52)42(55)40(53)36(32)49)21-11-14-25-26-15-12-22(18-30(26)60-29(25)17-21)59-27-9-5-4-8-23(27)24-13-10-20(16-28(24)59)19-6-2-1-3-7-19/h1-18H,46-55H2. The molecule has 3 aromatic heterocycles. The maximum absolute atomic E-state index is 6.78. The zero-order chi connectivity index (χ0) is 41.7. The van der Waals surface area contributed by atoms with Gasteiger partial charge in [-0.1, -0.05) is 88.6 Å². The lowest BCUT2D eigenvalue weighted by Crippen LogP contribution is -2.55. The van der Waals surface area contributed by atoms with E-state index in [1.165, 1.54) is 76.5 Å². The van der Waals surface area contributed by atoms with Gasteiger partial charge in [0.2, 0.25) is 0 Å². The van der Waals surface area contributed by atoms with Gasteiger partial charge in [-0.15, -0.1) is 32.8 Å². The van der Waals surface area contributed by atoms with Gasteiger partial charge in [0.05, 0.1) is 11.0 Å². The number of aromatic nitrogens is 4. The minimum Gasteiger partial charge on any atom is -0.456 e. The molecular weight excluding hydrogens is 721 g/mol. The Morgan fingerprint density at radius 1 is 0.350 bits per heavy atom. The minimum atomic E-state index is 0.627. The van der Waals surface area contributed by atoms with Crippen molar-refractivity contribution in [1.82, 2.24) is 19.5 Å². The van der Waals surface area contributed by atoms with Crippen LogP contribution in [0.25, 0.3) is 94.7 Å². The molecule has 60 heavy (non-hydrogen) atoms. The van der Waals surface area contributed by atoms with Gasteiger partial charge in [-0.2, -0.15) is 0 Å². The molecule has 0 fully saturated rings. The van der Waals surface area contributed by atoms with Gasteiger partial charge in [0.25, 0.3) is 0 Å². The van der Waals surface area contributed by atoms with E-state index in [2.05, 4.69) is 192 Å². The number of hydrogen-bond donors (Lipinski definition) is 0. The summed E-state index contributed by atoms with van der Waals surface area (Å²) in [6.45, 7) is 0. The number of para-hydroxylation sites is 1. The average Bonchev–Trinajstić information content (AvgIpc) is 3.81. The molecule has 0 amide bonds. The van der Waals surface area contributed by atoms with Crippen LogP contribution in [-0.4, -0.2) is 98.0 Å². The van der Waals surface area contributed by atoms with Gasteiger partial charge in [0.15, 0.2) is 17.5 Å². The second-order valence-corrected chi connectivity index (χ2v) is 16.8. The van der Waals surface area contributed by atoms with E-state index >= 15 is 0 Å². The summed E-state index contributed by atoms with van der Waals surface area (Å²) in [7, 11) is 22.0. The fourth-order valence-electron chi connectivity index (χ4n) is 9.50. The molecule has 10 aromatic rings. The average molecular weight is 759 g/mol. The van der Waals surface area contributed by atoms with Crippen LogP contribution in [0.4, 0.5) is 0 Å². The van der Waals surface area contributed by atoms with Gasteiger partial charge in [-0.3, -0.25) is 0 Å². The summed E-state index contributed by atoms with van der Waals surface area (Å²) in [5.41, 5.74) is 22.9. The molecule has 7 aromatic carbocycles. The molecule has 0 bridgehead atoms. The first-order valence-electron chi connectivity index (χ1n) is 20.9. The smallest absolute Gasteiger partial charge is 0.164 e. The highest BCUT2D eigenvalue weighted by molar-refractivity contribution is 6.70. The normalized spacial score (nSPS) is 11.7. The first-order chi connectivity index (χ1) is 28.9. The number of fused-ring (bicyclic) bond motifs is 6. The number of furan rings is 1. The highest BCUT2D eigenvalue weighted by Crippen LogP contribution is 2.38. The predicted octanol–water partition coefficient (Wildman–Crippen LogP) is -5.88. The van der Waals surface area contributed by atoms with Gasteiger partial charge in [-0.25, -0.2) is 15.0 Å². The Kier molecular flexibility index (Phi) is 9.02. The molecule has 0 atom stereocenters. The zero-order valence-electron chi connectivity index (χ0n) is 36.1. The summed E-state index contributed by atoms with van der Waals surface area (Å²) >= 11 is 0. The molecule has 0 saturated carbocycles. The van der Waals surface area contributed by atoms with E-state index in [9.17, 15) is 0 Å². The molecule has 5 nitrogen and oxygen atoms in total. The fourth-order valence-corrected chi connectivity index (χ4v) is 9.50. The lowest BCUT2D eigenvalue weighted by atomic mass is 9.60. The van der Waals surface area contributed by atoms with Gasteiger partial charge in [0.1, 0.15) is 89.6 Å². The molecule has 0 saturated heterocycles. The van der Waals surface area contributed by atoms with Crippen molar-refractivity contribution in [2.24, 2.45) is 0 Å². The maximum Gasteiger partial charge on any atom is 0.164 e. The molecule has 0 spiro atoms. The molecular formula is C45H38B10N4O. The second-order valence-electron chi connectivity index (χ2n) is 16.8. The lowest BCUT2D eigenvalue weighted by molar-refractivity contribution is 0.668. The second kappa shape index (κ2) is 14.2. The van der Waals surface area contributed by atoms with Crippen LogP contribution in [-0.2, 0) is 0 Å². The molecule has 0 aliphatic rings. The third-order valence-electron chi connectivity index (χ3n) is 13.8. The summed E-state index contributed by atoms with van der Waals surface area (Å²) in [6, 6.07) is 39.0. The van der Waals surface area contributed by atoms with E-state index in [0.717, 1.165) is 55.3 Å². The summed E-state index contributed by atoms with van der Waals surface area (Å²) in [5.74, 6) is 2.02. The SMILES string of the molecule is Bc1c(B)c(B)c(-c2nc(-c3ccc4c(c3)oc3cc(-n5c6ccccc6c6ccc(-c7ccccc7)cc65)ccc34)nc(-c3c(B)c(B)c(B)c(B)c3B)n2)c(B)c1B. The molecule has 0 unspecified atom stereocenters. The number of rotatable bonds is 5. The summed E-state index contributed by atoms with van der Waals surface area (Å²) in [5, 5.41) is 4.56. The number of hydrogen-bond acceptors (Lipinski definition) is 4. The Bertz CT molecular complexity index is 3310. The van der Waals surface area contributed by atoms with Crippen LogP contribution in [0, 0.1) is 0 Å². The van der Waals surface area contributed by atoms with E-state index in [-0.39, 0.29) is 0 Å². The van der Waals surface area contributed by atoms with E-state index in [4.69, 9.17) is 19.4 Å². The van der Waals surface area contributed by atoms with Gasteiger partial charge >= 0.3 is 0 Å². The fraction of sp³-hybridized carbons (Fsp3) is 0. The van der Waals surface area contributed by atoms with E-state index in [0.29, 0.717) is 17.5 Å².